The van der Waals surface area contributed by atoms with Crippen LogP contribution in [0.1, 0.15) is 40.7 Å². The van der Waals surface area contributed by atoms with Crippen LogP contribution < -0.4 is 0 Å². The van der Waals surface area contributed by atoms with E-state index in [0.717, 1.165) is 22.8 Å². The zero-order valence-electron chi connectivity index (χ0n) is 11.2. The van der Waals surface area contributed by atoms with Crippen LogP contribution in [0.4, 0.5) is 0 Å². The highest BCUT2D eigenvalue weighted by Gasteiger charge is 2.19. The Morgan fingerprint density at radius 2 is 2.21 bits per heavy atom. The van der Waals surface area contributed by atoms with Crippen LogP contribution in [0.2, 0.25) is 0 Å². The maximum Gasteiger partial charge on any atom is 0.360 e. The topological polar surface area (TPSA) is 69.9 Å². The molecule has 0 aliphatic rings. The van der Waals surface area contributed by atoms with Crippen molar-refractivity contribution in [1.82, 2.24) is 20.0 Å². The number of aromatic nitrogens is 4. The van der Waals surface area contributed by atoms with Crippen LogP contribution in [-0.2, 0) is 24.1 Å². The van der Waals surface area contributed by atoms with Crippen LogP contribution in [0.25, 0.3) is 0 Å². The van der Waals surface area contributed by atoms with Gasteiger partial charge in [-0.2, -0.15) is 0 Å². The maximum absolute atomic E-state index is 11.6. The summed E-state index contributed by atoms with van der Waals surface area (Å²) in [5.74, 6) is -0.448. The average Bonchev–Trinajstić information content (AvgIpc) is 3.04. The molecule has 2 rings (SSSR count). The van der Waals surface area contributed by atoms with E-state index in [0.29, 0.717) is 13.0 Å². The fraction of sp³-hybridized carbons (Fsp3) is 0.500. The van der Waals surface area contributed by atoms with Crippen LogP contribution in [0.3, 0.4) is 0 Å². The summed E-state index contributed by atoms with van der Waals surface area (Å²) in [4.78, 5) is 16.0. The van der Waals surface area contributed by atoms with Crippen LogP contribution in [-0.4, -0.2) is 33.1 Å². The Morgan fingerprint density at radius 3 is 2.79 bits per heavy atom. The number of hydrogen-bond acceptors (Lipinski definition) is 6. The molecule has 19 heavy (non-hydrogen) atoms. The predicted molar refractivity (Wildman–Crippen MR) is 71.3 cm³/mol. The largest absolute Gasteiger partial charge is 0.464 e. The van der Waals surface area contributed by atoms with Crippen molar-refractivity contribution in [3.8, 4) is 0 Å². The minimum atomic E-state index is -0.448. The van der Waals surface area contributed by atoms with Gasteiger partial charge in [0.25, 0.3) is 0 Å². The summed E-state index contributed by atoms with van der Waals surface area (Å²) < 4.78 is 6.40. The van der Waals surface area contributed by atoms with Crippen LogP contribution >= 0.6 is 11.3 Å². The summed E-state index contributed by atoms with van der Waals surface area (Å²) in [6.07, 6.45) is 1.60. The third-order valence-electron chi connectivity index (χ3n) is 2.76. The van der Waals surface area contributed by atoms with Gasteiger partial charge in [0, 0.05) is 5.38 Å². The van der Waals surface area contributed by atoms with E-state index in [4.69, 9.17) is 4.74 Å². The Kier molecular flexibility index (Phi) is 4.26. The zero-order chi connectivity index (χ0) is 13.8. The Labute approximate surface area is 115 Å². The van der Waals surface area contributed by atoms with Gasteiger partial charge in [0.15, 0.2) is 5.69 Å². The van der Waals surface area contributed by atoms with Gasteiger partial charge in [-0.1, -0.05) is 19.1 Å². The van der Waals surface area contributed by atoms with E-state index in [2.05, 4.69) is 22.2 Å². The Bertz CT molecular complexity index is 576. The van der Waals surface area contributed by atoms with Crippen molar-refractivity contribution < 1.29 is 9.53 Å². The van der Waals surface area contributed by atoms with Crippen molar-refractivity contribution in [3.63, 3.8) is 0 Å². The molecule has 0 aliphatic carbocycles. The maximum atomic E-state index is 11.6. The second-order valence-corrected chi connectivity index (χ2v) is 4.92. The number of esters is 1. The molecular formula is C12H16N4O2S. The molecule has 0 N–H and O–H groups in total. The molecule has 0 unspecified atom stereocenters. The highest BCUT2D eigenvalue weighted by molar-refractivity contribution is 7.09. The molecule has 0 atom stereocenters. The van der Waals surface area contributed by atoms with Crippen LogP contribution in [0.15, 0.2) is 5.38 Å². The van der Waals surface area contributed by atoms with Gasteiger partial charge in [0.1, 0.15) is 0 Å². The minimum Gasteiger partial charge on any atom is -0.464 e. The van der Waals surface area contributed by atoms with E-state index in [-0.39, 0.29) is 5.69 Å². The first-order valence-corrected chi connectivity index (χ1v) is 7.01. The lowest BCUT2D eigenvalue weighted by Crippen LogP contribution is -2.10. The van der Waals surface area contributed by atoms with Crippen LogP contribution in [0.5, 0.6) is 0 Å². The fourth-order valence-corrected chi connectivity index (χ4v) is 2.54. The van der Waals surface area contributed by atoms with Gasteiger partial charge in [-0.05, 0) is 12.8 Å². The molecule has 0 saturated carbocycles. The SMILES string of the molecule is CCc1nc(Cn2nnc(C(=O)OC)c2CC)cs1. The molecule has 2 aromatic rings. The first-order valence-electron chi connectivity index (χ1n) is 6.13. The van der Waals surface area contributed by atoms with Gasteiger partial charge in [-0.15, -0.1) is 16.4 Å². The van der Waals surface area contributed by atoms with Gasteiger partial charge in [0.05, 0.1) is 30.1 Å². The number of hydrogen-bond donors (Lipinski definition) is 0. The third-order valence-corrected chi connectivity index (χ3v) is 3.81. The van der Waals surface area contributed by atoms with Gasteiger partial charge >= 0.3 is 5.97 Å². The number of ether oxygens (including phenoxy) is 1. The standard InChI is InChI=1S/C12H16N4O2S/c1-4-9-11(12(17)18-3)14-15-16(9)6-8-7-19-10(5-2)13-8/h7H,4-6H2,1-3H3. The Balaban J connectivity index is 2.25. The van der Waals surface area contributed by atoms with Crippen molar-refractivity contribution in [2.24, 2.45) is 0 Å². The van der Waals surface area contributed by atoms with Crippen molar-refractivity contribution >= 4 is 17.3 Å². The molecule has 0 spiro atoms. The molecule has 0 saturated heterocycles. The fourth-order valence-electron chi connectivity index (χ4n) is 1.80. The van der Waals surface area contributed by atoms with Gasteiger partial charge in [-0.25, -0.2) is 14.5 Å². The van der Waals surface area contributed by atoms with Crippen molar-refractivity contribution in [2.75, 3.05) is 7.11 Å². The lowest BCUT2D eigenvalue weighted by molar-refractivity contribution is 0.0592. The van der Waals surface area contributed by atoms with E-state index >= 15 is 0 Å². The third kappa shape index (κ3) is 2.81. The van der Waals surface area contributed by atoms with Crippen molar-refractivity contribution in [2.45, 2.75) is 33.2 Å². The number of methoxy groups -OCH3 is 1. The molecule has 0 aliphatic heterocycles. The summed E-state index contributed by atoms with van der Waals surface area (Å²) in [6, 6.07) is 0. The van der Waals surface area contributed by atoms with E-state index in [9.17, 15) is 4.79 Å². The highest BCUT2D eigenvalue weighted by Crippen LogP contribution is 2.14. The highest BCUT2D eigenvalue weighted by atomic mass is 32.1. The molecular weight excluding hydrogens is 264 g/mol. The van der Waals surface area contributed by atoms with Gasteiger partial charge in [0.2, 0.25) is 0 Å². The summed E-state index contributed by atoms with van der Waals surface area (Å²) in [7, 11) is 1.34. The monoisotopic (exact) mass is 280 g/mol. The van der Waals surface area contributed by atoms with E-state index in [1.165, 1.54) is 7.11 Å². The quantitative estimate of drug-likeness (QED) is 0.780. The van der Waals surface area contributed by atoms with E-state index < -0.39 is 5.97 Å². The number of carbonyl (C=O) groups is 1. The predicted octanol–water partition coefficient (Wildman–Crippen LogP) is 1.69. The molecule has 0 aromatic carbocycles. The molecule has 6 nitrogen and oxygen atoms in total. The summed E-state index contributed by atoms with van der Waals surface area (Å²) in [5, 5.41) is 11.0. The smallest absolute Gasteiger partial charge is 0.360 e. The molecule has 2 heterocycles. The van der Waals surface area contributed by atoms with E-state index in [1.54, 1.807) is 16.0 Å². The number of carbonyl (C=O) groups excluding carboxylic acids is 1. The van der Waals surface area contributed by atoms with Crippen molar-refractivity contribution in [1.29, 1.82) is 0 Å². The van der Waals surface area contributed by atoms with Gasteiger partial charge < -0.3 is 4.74 Å². The molecule has 0 bridgehead atoms. The summed E-state index contributed by atoms with van der Waals surface area (Å²) in [5.41, 5.74) is 2.01. The first kappa shape index (κ1) is 13.7. The molecule has 7 heteroatoms. The number of aryl methyl sites for hydroxylation is 1. The summed E-state index contributed by atoms with van der Waals surface area (Å²) in [6.45, 7) is 4.56. The van der Waals surface area contributed by atoms with Crippen LogP contribution in [0, 0.1) is 0 Å². The minimum absolute atomic E-state index is 0.288. The lowest BCUT2D eigenvalue weighted by Gasteiger charge is -2.03. The second-order valence-electron chi connectivity index (χ2n) is 3.97. The molecule has 2 aromatic heterocycles. The number of thiazole rings is 1. The number of nitrogens with zero attached hydrogens (tertiary/aromatic N) is 4. The van der Waals surface area contributed by atoms with Gasteiger partial charge in [-0.3, -0.25) is 0 Å². The lowest BCUT2D eigenvalue weighted by atomic mass is 10.2. The zero-order valence-corrected chi connectivity index (χ0v) is 12.0. The normalized spacial score (nSPS) is 10.7. The summed E-state index contributed by atoms with van der Waals surface area (Å²) >= 11 is 1.64. The molecule has 0 radical (unpaired) electrons. The Hall–Kier alpha value is -1.76. The Morgan fingerprint density at radius 1 is 1.42 bits per heavy atom. The number of rotatable bonds is 5. The molecule has 0 fully saturated rings. The average molecular weight is 280 g/mol. The second kappa shape index (κ2) is 5.92. The molecule has 0 amide bonds. The first-order chi connectivity index (χ1) is 9.19. The molecule has 102 valence electrons. The van der Waals surface area contributed by atoms with Crippen molar-refractivity contribution in [3.05, 3.63) is 27.5 Å². The van der Waals surface area contributed by atoms with E-state index in [1.807, 2.05) is 12.3 Å².